The van der Waals surface area contributed by atoms with Crippen molar-refractivity contribution in [2.24, 2.45) is 5.41 Å². The molecule has 13 nitrogen and oxygen atoms in total. The number of ether oxygens (including phenoxy) is 4. The van der Waals surface area contributed by atoms with E-state index in [1.165, 1.54) is 6.33 Å². The van der Waals surface area contributed by atoms with E-state index in [9.17, 15) is 14.4 Å². The van der Waals surface area contributed by atoms with Crippen LogP contribution in [-0.2, 0) is 16.1 Å². The van der Waals surface area contributed by atoms with Crippen LogP contribution in [0.1, 0.15) is 41.1 Å². The fraction of sp³-hybridized carbons (Fsp3) is 0.452. The first-order valence-electron chi connectivity index (χ1n) is 14.9. The van der Waals surface area contributed by atoms with E-state index in [1.807, 2.05) is 23.1 Å². The van der Waals surface area contributed by atoms with Crippen molar-refractivity contribution in [3.05, 3.63) is 60.2 Å². The van der Waals surface area contributed by atoms with Crippen LogP contribution in [0.4, 0.5) is 0 Å². The first-order chi connectivity index (χ1) is 21.5. The molecule has 0 unspecified atom stereocenters. The average Bonchev–Trinajstić information content (AvgIpc) is 3.81. The van der Waals surface area contributed by atoms with Crippen molar-refractivity contribution in [2.75, 3.05) is 52.7 Å². The van der Waals surface area contributed by atoms with Gasteiger partial charge in [-0.25, -0.2) is 4.98 Å². The number of nitrogens with one attached hydrogen (secondary N) is 1. The molecule has 5 aliphatic rings. The maximum Gasteiger partial charge on any atom is 0.254 e. The second-order valence-corrected chi connectivity index (χ2v) is 11.7. The Balaban J connectivity index is 1.11. The number of nitrogens with zero attached hydrogens (tertiary/aromatic N) is 5. The summed E-state index contributed by atoms with van der Waals surface area (Å²) in [5.74, 6) is 1.92. The minimum absolute atomic E-state index is 0.0554. The lowest BCUT2D eigenvalue weighted by molar-refractivity contribution is -0.136. The summed E-state index contributed by atoms with van der Waals surface area (Å²) in [6, 6.07) is 11.0. The molecular weight excluding hydrogens is 568 g/mol. The highest BCUT2D eigenvalue weighted by atomic mass is 16.7. The molecule has 1 spiro atoms. The molecule has 13 heteroatoms. The van der Waals surface area contributed by atoms with E-state index in [2.05, 4.69) is 15.4 Å². The van der Waals surface area contributed by atoms with E-state index < -0.39 is 5.41 Å². The highest BCUT2D eigenvalue weighted by Crippen LogP contribution is 2.52. The Morgan fingerprint density at radius 3 is 2.84 bits per heavy atom. The third kappa shape index (κ3) is 5.38. The van der Waals surface area contributed by atoms with Crippen molar-refractivity contribution in [2.45, 2.75) is 31.7 Å². The van der Waals surface area contributed by atoms with E-state index >= 15 is 0 Å². The Morgan fingerprint density at radius 1 is 1.05 bits per heavy atom. The summed E-state index contributed by atoms with van der Waals surface area (Å²) in [4.78, 5) is 47.6. The van der Waals surface area contributed by atoms with Crippen LogP contribution < -0.4 is 24.3 Å². The number of para-hydroxylation sites is 1. The molecule has 1 N–H and O–H groups in total. The van der Waals surface area contributed by atoms with Gasteiger partial charge in [0.1, 0.15) is 12.7 Å². The molecule has 0 aliphatic carbocycles. The van der Waals surface area contributed by atoms with Gasteiger partial charge in [-0.1, -0.05) is 12.1 Å². The molecule has 230 valence electrons. The number of carbonyl (C=O) groups is 3. The molecule has 0 saturated carbocycles. The van der Waals surface area contributed by atoms with Gasteiger partial charge in [0, 0.05) is 61.6 Å². The summed E-state index contributed by atoms with van der Waals surface area (Å²) in [5, 5.41) is 7.17. The Morgan fingerprint density at radius 2 is 1.95 bits per heavy atom. The maximum absolute atomic E-state index is 13.8. The van der Waals surface area contributed by atoms with Gasteiger partial charge in [0.05, 0.1) is 19.8 Å². The van der Waals surface area contributed by atoms with Crippen molar-refractivity contribution in [1.82, 2.24) is 29.9 Å². The molecule has 0 radical (unpaired) electrons. The fourth-order valence-electron chi connectivity index (χ4n) is 6.56. The average molecular weight is 603 g/mol. The van der Waals surface area contributed by atoms with E-state index in [0.29, 0.717) is 87.3 Å². The molecule has 1 aromatic heterocycles. The lowest BCUT2D eigenvalue weighted by atomic mass is 9.73. The van der Waals surface area contributed by atoms with Gasteiger partial charge in [-0.2, -0.15) is 5.10 Å². The van der Waals surface area contributed by atoms with E-state index in [-0.39, 0.29) is 43.4 Å². The zero-order valence-electron chi connectivity index (χ0n) is 24.3. The van der Waals surface area contributed by atoms with Crippen molar-refractivity contribution >= 4 is 17.7 Å². The monoisotopic (exact) mass is 602 g/mol. The van der Waals surface area contributed by atoms with Gasteiger partial charge in [0.15, 0.2) is 23.0 Å². The number of likely N-dealkylation sites (tertiary alicyclic amines) is 1. The van der Waals surface area contributed by atoms with Gasteiger partial charge in [0.2, 0.25) is 18.6 Å². The fourth-order valence-corrected chi connectivity index (χ4v) is 6.56. The van der Waals surface area contributed by atoms with Gasteiger partial charge in [-0.3, -0.25) is 19.1 Å². The Hall–Kier alpha value is -4.81. The quantitative estimate of drug-likeness (QED) is 0.464. The number of hydrogen-bond acceptors (Lipinski definition) is 9. The summed E-state index contributed by atoms with van der Waals surface area (Å²) in [6.45, 7) is 2.83. The summed E-state index contributed by atoms with van der Waals surface area (Å²) >= 11 is 0. The number of fused-ring (bicyclic) bond motifs is 10. The third-order valence-corrected chi connectivity index (χ3v) is 8.84. The van der Waals surface area contributed by atoms with Gasteiger partial charge >= 0.3 is 0 Å². The molecular formula is C31H34N6O7. The Labute approximate surface area is 254 Å². The molecule has 5 aliphatic heterocycles. The van der Waals surface area contributed by atoms with Crippen molar-refractivity contribution in [1.29, 1.82) is 0 Å². The molecule has 2 aromatic carbocycles. The lowest BCUT2D eigenvalue weighted by Gasteiger charge is -2.40. The molecule has 4 bridgehead atoms. The molecule has 1 fully saturated rings. The zero-order chi connectivity index (χ0) is 30.1. The van der Waals surface area contributed by atoms with Crippen LogP contribution in [0.25, 0.3) is 0 Å². The highest BCUT2D eigenvalue weighted by molar-refractivity contribution is 5.95. The minimum Gasteiger partial charge on any atom is -0.490 e. The van der Waals surface area contributed by atoms with Gasteiger partial charge in [-0.15, -0.1) is 0 Å². The summed E-state index contributed by atoms with van der Waals surface area (Å²) in [6.07, 6.45) is 4.50. The third-order valence-electron chi connectivity index (χ3n) is 8.84. The summed E-state index contributed by atoms with van der Waals surface area (Å²) in [7, 11) is 0. The van der Waals surface area contributed by atoms with E-state index in [0.717, 1.165) is 5.56 Å². The SMILES string of the molecule is O=C1CN(C(=O)CCCn2cncn2)CCCOc2cccc3c2OC[C@@]2(CN1)CN(C(=O)c1ccc4c(c1)OCO4)C[C@@H]32. The van der Waals surface area contributed by atoms with Crippen LogP contribution in [0, 0.1) is 5.41 Å². The largest absolute Gasteiger partial charge is 0.490 e. The molecule has 6 heterocycles. The van der Waals surface area contributed by atoms with Crippen LogP contribution in [0.5, 0.6) is 23.0 Å². The lowest BCUT2D eigenvalue weighted by Crippen LogP contribution is -2.50. The molecule has 3 amide bonds. The summed E-state index contributed by atoms with van der Waals surface area (Å²) in [5.41, 5.74) is 0.906. The minimum atomic E-state index is -0.565. The number of rotatable bonds is 5. The molecule has 1 saturated heterocycles. The summed E-state index contributed by atoms with van der Waals surface area (Å²) < 4.78 is 25.1. The normalized spacial score (nSPS) is 22.5. The standard InChI is InChI=1S/C31H34N6O7/c38-27-14-35(28(39)6-2-10-37-19-32-18-34-37)9-3-11-41-25-5-1-4-22-23-13-36(16-31(23,15-33-27)17-42-29(22)25)30(40)21-7-8-24-26(12-21)44-20-43-24/h1,4-5,7-8,12,18-19,23H,2-3,6,9-11,13-17,20H2,(H,33,38)/t23-,31+/m0/s1. The topological polar surface area (TPSA) is 137 Å². The first kappa shape index (κ1) is 28.0. The van der Waals surface area contributed by atoms with Crippen LogP contribution >= 0.6 is 0 Å². The van der Waals surface area contributed by atoms with Crippen LogP contribution in [-0.4, -0.2) is 95.0 Å². The second kappa shape index (κ2) is 11.7. The van der Waals surface area contributed by atoms with E-state index in [4.69, 9.17) is 18.9 Å². The van der Waals surface area contributed by atoms with Gasteiger partial charge in [0.25, 0.3) is 5.91 Å². The number of amides is 3. The maximum atomic E-state index is 13.8. The Kier molecular flexibility index (Phi) is 7.44. The zero-order valence-corrected chi connectivity index (χ0v) is 24.3. The van der Waals surface area contributed by atoms with Gasteiger partial charge < -0.3 is 34.1 Å². The predicted octanol–water partition coefficient (Wildman–Crippen LogP) is 1.83. The van der Waals surface area contributed by atoms with E-state index in [1.54, 1.807) is 34.1 Å². The van der Waals surface area contributed by atoms with Crippen molar-refractivity contribution in [3.63, 3.8) is 0 Å². The van der Waals surface area contributed by atoms with Gasteiger partial charge in [-0.05, 0) is 37.1 Å². The Bertz CT molecular complexity index is 1560. The first-order valence-corrected chi connectivity index (χ1v) is 14.9. The number of benzene rings is 2. The number of aromatic nitrogens is 3. The molecule has 44 heavy (non-hydrogen) atoms. The number of hydrogen-bond donors (Lipinski definition) is 1. The molecule has 3 aromatic rings. The predicted molar refractivity (Wildman–Crippen MR) is 155 cm³/mol. The van der Waals surface area contributed by atoms with Crippen LogP contribution in [0.2, 0.25) is 0 Å². The second-order valence-electron chi connectivity index (χ2n) is 11.7. The smallest absolute Gasteiger partial charge is 0.254 e. The number of carbonyl (C=O) groups excluding carboxylic acids is 3. The van der Waals surface area contributed by atoms with Crippen LogP contribution in [0.3, 0.4) is 0 Å². The molecule has 8 rings (SSSR count). The number of aryl methyl sites for hydroxylation is 1. The van der Waals surface area contributed by atoms with Crippen LogP contribution in [0.15, 0.2) is 49.1 Å². The molecule has 2 atom stereocenters. The van der Waals surface area contributed by atoms with Crippen molar-refractivity contribution < 1.29 is 33.3 Å². The van der Waals surface area contributed by atoms with Crippen molar-refractivity contribution in [3.8, 4) is 23.0 Å². The highest BCUT2D eigenvalue weighted by Gasteiger charge is 2.53.